The maximum absolute atomic E-state index is 10.0. The van der Waals surface area contributed by atoms with Crippen molar-refractivity contribution in [1.82, 2.24) is 0 Å². The molecule has 84 valence electrons. The van der Waals surface area contributed by atoms with E-state index in [0.717, 1.165) is 10.4 Å². The fourth-order valence-electron chi connectivity index (χ4n) is 1.67. The van der Waals surface area contributed by atoms with Crippen molar-refractivity contribution in [2.75, 3.05) is 0 Å². The SMILES string of the molecule is Cc1cccc(CC(O)c2cc(Cl)cs2)c1. The van der Waals surface area contributed by atoms with Crippen LogP contribution in [0.2, 0.25) is 5.02 Å². The van der Waals surface area contributed by atoms with Gasteiger partial charge in [0.05, 0.1) is 11.1 Å². The molecule has 0 aliphatic heterocycles. The number of benzene rings is 1. The average Bonchev–Trinajstić information content (AvgIpc) is 2.65. The van der Waals surface area contributed by atoms with Gasteiger partial charge >= 0.3 is 0 Å². The maximum Gasteiger partial charge on any atom is 0.0922 e. The number of hydrogen-bond donors (Lipinski definition) is 1. The molecule has 0 bridgehead atoms. The van der Waals surface area contributed by atoms with Crippen LogP contribution >= 0.6 is 22.9 Å². The van der Waals surface area contributed by atoms with E-state index < -0.39 is 6.10 Å². The molecule has 1 heterocycles. The Hall–Kier alpha value is -0.830. The van der Waals surface area contributed by atoms with Crippen molar-refractivity contribution in [2.24, 2.45) is 0 Å². The summed E-state index contributed by atoms with van der Waals surface area (Å²) in [6, 6.07) is 10.0. The zero-order chi connectivity index (χ0) is 11.5. The van der Waals surface area contributed by atoms with Crippen LogP contribution in [0.15, 0.2) is 35.7 Å². The van der Waals surface area contributed by atoms with Crippen LogP contribution in [0.3, 0.4) is 0 Å². The van der Waals surface area contributed by atoms with Gasteiger partial charge in [-0.3, -0.25) is 0 Å². The van der Waals surface area contributed by atoms with E-state index >= 15 is 0 Å². The molecular weight excluding hydrogens is 240 g/mol. The van der Waals surface area contributed by atoms with E-state index in [2.05, 4.69) is 19.1 Å². The van der Waals surface area contributed by atoms with Crippen molar-refractivity contribution < 1.29 is 5.11 Å². The summed E-state index contributed by atoms with van der Waals surface area (Å²) in [7, 11) is 0. The molecule has 0 aliphatic carbocycles. The predicted molar refractivity (Wildman–Crippen MR) is 69.2 cm³/mol. The lowest BCUT2D eigenvalue weighted by Crippen LogP contribution is -1.99. The predicted octanol–water partition coefficient (Wildman–Crippen LogP) is 3.99. The van der Waals surface area contributed by atoms with Crippen LogP contribution in [-0.4, -0.2) is 5.11 Å². The van der Waals surface area contributed by atoms with E-state index in [1.54, 1.807) is 0 Å². The Balaban J connectivity index is 2.10. The van der Waals surface area contributed by atoms with Gasteiger partial charge in [-0.1, -0.05) is 41.4 Å². The zero-order valence-electron chi connectivity index (χ0n) is 8.98. The van der Waals surface area contributed by atoms with E-state index in [0.29, 0.717) is 11.4 Å². The fourth-order valence-corrected chi connectivity index (χ4v) is 2.73. The second-order valence-electron chi connectivity index (χ2n) is 3.88. The van der Waals surface area contributed by atoms with E-state index in [1.807, 2.05) is 23.6 Å². The highest BCUT2D eigenvalue weighted by molar-refractivity contribution is 7.10. The van der Waals surface area contributed by atoms with Crippen LogP contribution in [0.5, 0.6) is 0 Å². The summed E-state index contributed by atoms with van der Waals surface area (Å²) < 4.78 is 0. The van der Waals surface area contributed by atoms with Crippen molar-refractivity contribution in [3.8, 4) is 0 Å². The first kappa shape index (κ1) is 11.6. The van der Waals surface area contributed by atoms with Crippen molar-refractivity contribution in [3.63, 3.8) is 0 Å². The lowest BCUT2D eigenvalue weighted by Gasteiger charge is -2.08. The number of hydrogen-bond acceptors (Lipinski definition) is 2. The molecule has 16 heavy (non-hydrogen) atoms. The Kier molecular flexibility index (Phi) is 3.64. The smallest absolute Gasteiger partial charge is 0.0922 e. The molecule has 3 heteroatoms. The lowest BCUT2D eigenvalue weighted by molar-refractivity contribution is 0.182. The number of thiophene rings is 1. The van der Waals surface area contributed by atoms with Crippen LogP contribution in [0.4, 0.5) is 0 Å². The standard InChI is InChI=1S/C13H13ClOS/c1-9-3-2-4-10(5-9)6-12(15)13-7-11(14)8-16-13/h2-5,7-8,12,15H,6H2,1H3. The monoisotopic (exact) mass is 252 g/mol. The van der Waals surface area contributed by atoms with Gasteiger partial charge in [0.1, 0.15) is 0 Å². The molecule has 1 aromatic heterocycles. The first-order chi connectivity index (χ1) is 7.65. The number of rotatable bonds is 3. The first-order valence-electron chi connectivity index (χ1n) is 5.12. The highest BCUT2D eigenvalue weighted by Crippen LogP contribution is 2.27. The normalized spacial score (nSPS) is 12.7. The third kappa shape index (κ3) is 2.85. The quantitative estimate of drug-likeness (QED) is 0.876. The third-order valence-electron chi connectivity index (χ3n) is 2.43. The molecule has 0 saturated heterocycles. The summed E-state index contributed by atoms with van der Waals surface area (Å²) in [5.41, 5.74) is 2.37. The van der Waals surface area contributed by atoms with Gasteiger partial charge in [0.2, 0.25) is 0 Å². The Morgan fingerprint density at radius 2 is 2.19 bits per heavy atom. The third-order valence-corrected chi connectivity index (χ3v) is 3.81. The molecule has 0 radical (unpaired) electrons. The molecule has 0 amide bonds. The van der Waals surface area contributed by atoms with Gasteiger partial charge in [-0.2, -0.15) is 0 Å². The Morgan fingerprint density at radius 1 is 1.38 bits per heavy atom. The zero-order valence-corrected chi connectivity index (χ0v) is 10.6. The van der Waals surface area contributed by atoms with E-state index in [9.17, 15) is 5.11 Å². The summed E-state index contributed by atoms with van der Waals surface area (Å²) in [6.07, 6.45) is 0.178. The number of aryl methyl sites for hydroxylation is 1. The van der Waals surface area contributed by atoms with Crippen molar-refractivity contribution in [3.05, 3.63) is 56.7 Å². The molecule has 1 atom stereocenters. The second-order valence-corrected chi connectivity index (χ2v) is 5.26. The molecule has 0 aliphatic rings. The van der Waals surface area contributed by atoms with E-state index in [4.69, 9.17) is 11.6 Å². The average molecular weight is 253 g/mol. The van der Waals surface area contributed by atoms with Crippen LogP contribution in [-0.2, 0) is 6.42 Å². The Labute approximate surface area is 104 Å². The largest absolute Gasteiger partial charge is 0.387 e. The van der Waals surface area contributed by atoms with E-state index in [1.165, 1.54) is 16.9 Å². The van der Waals surface area contributed by atoms with Crippen LogP contribution in [0.25, 0.3) is 0 Å². The van der Waals surface area contributed by atoms with Gasteiger partial charge in [0.15, 0.2) is 0 Å². The van der Waals surface area contributed by atoms with Gasteiger partial charge in [-0.15, -0.1) is 11.3 Å². The maximum atomic E-state index is 10.0. The van der Waals surface area contributed by atoms with Gasteiger partial charge in [-0.25, -0.2) is 0 Å². The Bertz CT molecular complexity index is 478. The second kappa shape index (κ2) is 5.00. The molecule has 1 aromatic carbocycles. The fraction of sp³-hybridized carbons (Fsp3) is 0.231. The molecule has 1 unspecified atom stereocenters. The molecular formula is C13H13ClOS. The molecule has 0 saturated carbocycles. The summed E-state index contributed by atoms with van der Waals surface area (Å²) >= 11 is 7.33. The van der Waals surface area contributed by atoms with Crippen molar-refractivity contribution in [1.29, 1.82) is 0 Å². The number of aliphatic hydroxyl groups excluding tert-OH is 1. The van der Waals surface area contributed by atoms with Gasteiger partial charge in [0.25, 0.3) is 0 Å². The van der Waals surface area contributed by atoms with Crippen molar-refractivity contribution in [2.45, 2.75) is 19.4 Å². The van der Waals surface area contributed by atoms with Gasteiger partial charge in [0, 0.05) is 16.7 Å². The molecule has 2 rings (SSSR count). The van der Waals surface area contributed by atoms with Gasteiger partial charge in [-0.05, 0) is 18.6 Å². The highest BCUT2D eigenvalue weighted by atomic mass is 35.5. The molecule has 1 nitrogen and oxygen atoms in total. The summed E-state index contributed by atoms with van der Waals surface area (Å²) in [6.45, 7) is 2.05. The topological polar surface area (TPSA) is 20.2 Å². The van der Waals surface area contributed by atoms with Crippen LogP contribution in [0, 0.1) is 6.92 Å². The van der Waals surface area contributed by atoms with E-state index in [-0.39, 0.29) is 0 Å². The minimum atomic E-state index is -0.459. The van der Waals surface area contributed by atoms with Gasteiger partial charge < -0.3 is 5.11 Å². The number of halogens is 1. The minimum absolute atomic E-state index is 0.459. The van der Waals surface area contributed by atoms with Crippen LogP contribution < -0.4 is 0 Å². The summed E-state index contributed by atoms with van der Waals surface area (Å²) in [4.78, 5) is 0.923. The minimum Gasteiger partial charge on any atom is -0.387 e. The number of aliphatic hydroxyl groups is 1. The molecule has 2 aromatic rings. The summed E-state index contributed by atoms with van der Waals surface area (Å²) in [5.74, 6) is 0. The van der Waals surface area contributed by atoms with Crippen LogP contribution in [0.1, 0.15) is 22.1 Å². The molecule has 0 spiro atoms. The Morgan fingerprint density at radius 3 is 2.81 bits per heavy atom. The first-order valence-corrected chi connectivity index (χ1v) is 6.38. The van der Waals surface area contributed by atoms with Crippen molar-refractivity contribution >= 4 is 22.9 Å². The highest BCUT2D eigenvalue weighted by Gasteiger charge is 2.10. The summed E-state index contributed by atoms with van der Waals surface area (Å²) in [5, 5.41) is 12.6. The lowest BCUT2D eigenvalue weighted by atomic mass is 10.0. The molecule has 0 fully saturated rings. The molecule has 1 N–H and O–H groups in total.